The number of benzene rings is 1. The fourth-order valence-corrected chi connectivity index (χ4v) is 2.11. The second kappa shape index (κ2) is 4.60. The van der Waals surface area contributed by atoms with E-state index in [9.17, 15) is 26.7 Å². The number of hydrogen-bond donors (Lipinski definition) is 1. The van der Waals surface area contributed by atoms with E-state index in [-0.39, 0.29) is 5.92 Å². The van der Waals surface area contributed by atoms with E-state index in [1.807, 2.05) is 11.2 Å². The fraction of sp³-hybridized carbons (Fsp3) is 0.357. The van der Waals surface area contributed by atoms with Gasteiger partial charge in [-0.2, -0.15) is 13.2 Å². The molecule has 2 aliphatic rings. The SMILES string of the molecule is O=C1Nc2ccc(F)c(F)c2[C@@](C#CC2CC2)(C(F)(F)F)O1. The van der Waals surface area contributed by atoms with Crippen molar-refractivity contribution in [3.05, 3.63) is 29.3 Å². The van der Waals surface area contributed by atoms with Gasteiger partial charge in [0, 0.05) is 5.92 Å². The van der Waals surface area contributed by atoms with Gasteiger partial charge in [-0.15, -0.1) is 0 Å². The van der Waals surface area contributed by atoms with Crippen LogP contribution in [0, 0.1) is 29.4 Å². The van der Waals surface area contributed by atoms with Gasteiger partial charge in [-0.3, -0.25) is 5.32 Å². The Bertz CT molecular complexity index is 714. The molecule has 1 fully saturated rings. The van der Waals surface area contributed by atoms with Gasteiger partial charge in [0.2, 0.25) is 0 Å². The topological polar surface area (TPSA) is 38.3 Å². The van der Waals surface area contributed by atoms with Crippen LogP contribution in [0.4, 0.5) is 32.4 Å². The van der Waals surface area contributed by atoms with Gasteiger partial charge in [0.15, 0.2) is 11.6 Å². The molecule has 1 atom stereocenters. The van der Waals surface area contributed by atoms with E-state index in [0.29, 0.717) is 18.9 Å². The number of amides is 1. The molecule has 0 unspecified atom stereocenters. The monoisotopic (exact) mass is 317 g/mol. The number of ether oxygens (including phenoxy) is 1. The van der Waals surface area contributed by atoms with Crippen LogP contribution in [0.5, 0.6) is 0 Å². The molecule has 0 aromatic heterocycles. The molecule has 116 valence electrons. The summed E-state index contributed by atoms with van der Waals surface area (Å²) >= 11 is 0. The maximum absolute atomic E-state index is 14.0. The van der Waals surface area contributed by atoms with E-state index in [0.717, 1.165) is 6.07 Å². The zero-order valence-electron chi connectivity index (χ0n) is 10.9. The highest BCUT2D eigenvalue weighted by Crippen LogP contribution is 2.48. The number of rotatable bonds is 0. The molecular formula is C14H8F5NO2. The average molecular weight is 317 g/mol. The maximum atomic E-state index is 14.0. The van der Waals surface area contributed by atoms with E-state index in [1.54, 1.807) is 0 Å². The Labute approximate surface area is 121 Å². The quantitative estimate of drug-likeness (QED) is 0.585. The first-order valence-corrected chi connectivity index (χ1v) is 6.32. The molecule has 1 heterocycles. The lowest BCUT2D eigenvalue weighted by atomic mass is 9.89. The van der Waals surface area contributed by atoms with E-state index >= 15 is 0 Å². The highest BCUT2D eigenvalue weighted by atomic mass is 19.4. The van der Waals surface area contributed by atoms with Crippen molar-refractivity contribution in [2.45, 2.75) is 24.6 Å². The van der Waals surface area contributed by atoms with Crippen LogP contribution in [0.25, 0.3) is 0 Å². The summed E-state index contributed by atoms with van der Waals surface area (Å²) in [4.78, 5) is 11.4. The molecule has 0 radical (unpaired) electrons. The fourth-order valence-electron chi connectivity index (χ4n) is 2.11. The maximum Gasteiger partial charge on any atom is 0.445 e. The molecule has 1 aliphatic heterocycles. The third-order valence-corrected chi connectivity index (χ3v) is 3.36. The lowest BCUT2D eigenvalue weighted by Gasteiger charge is -2.35. The molecule has 3 rings (SSSR count). The minimum Gasteiger partial charge on any atom is -0.415 e. The third kappa shape index (κ3) is 2.17. The number of anilines is 1. The largest absolute Gasteiger partial charge is 0.445 e. The summed E-state index contributed by atoms with van der Waals surface area (Å²) in [5.74, 6) is 0.652. The van der Waals surface area contributed by atoms with Crippen LogP contribution in [0.15, 0.2) is 12.1 Å². The van der Waals surface area contributed by atoms with Gasteiger partial charge in [0.25, 0.3) is 5.60 Å². The normalized spacial score (nSPS) is 23.8. The summed E-state index contributed by atoms with van der Waals surface area (Å²) < 4.78 is 72.3. The molecule has 8 heteroatoms. The minimum absolute atomic E-state index is 0.257. The molecule has 1 aliphatic carbocycles. The van der Waals surface area contributed by atoms with E-state index in [1.165, 1.54) is 0 Å². The Kier molecular flexibility index (Phi) is 3.06. The first kappa shape index (κ1) is 14.6. The van der Waals surface area contributed by atoms with Crippen molar-refractivity contribution in [3.8, 4) is 11.8 Å². The van der Waals surface area contributed by atoms with E-state index in [2.05, 4.69) is 10.7 Å². The number of carbonyl (C=O) groups is 1. The van der Waals surface area contributed by atoms with Crippen LogP contribution < -0.4 is 5.32 Å². The smallest absolute Gasteiger partial charge is 0.415 e. The Balaban J connectivity index is 2.29. The molecule has 0 bridgehead atoms. The molecule has 3 nitrogen and oxygen atoms in total. The molecule has 0 saturated heterocycles. The van der Waals surface area contributed by atoms with Gasteiger partial charge in [-0.1, -0.05) is 5.92 Å². The second-order valence-electron chi connectivity index (χ2n) is 5.02. The van der Waals surface area contributed by atoms with Crippen molar-refractivity contribution >= 4 is 11.8 Å². The van der Waals surface area contributed by atoms with Gasteiger partial charge in [0.1, 0.15) is 0 Å². The molecule has 0 spiro atoms. The molecule has 1 amide bonds. The standard InChI is InChI=1S/C14H8F5NO2/c15-8-3-4-9-10(11(8)16)13(14(17,18)19,22-12(21)20-9)6-5-7-1-2-7/h3-4,7H,1-2H2,(H,20,21)/t13-/m0/s1. The zero-order valence-corrected chi connectivity index (χ0v) is 10.9. The number of alkyl halides is 3. The van der Waals surface area contributed by atoms with Crippen molar-refractivity contribution in [1.29, 1.82) is 0 Å². The number of fused-ring (bicyclic) bond motifs is 1. The predicted molar refractivity (Wildman–Crippen MR) is 64.7 cm³/mol. The van der Waals surface area contributed by atoms with Crippen LogP contribution >= 0.6 is 0 Å². The van der Waals surface area contributed by atoms with Gasteiger partial charge >= 0.3 is 12.3 Å². The van der Waals surface area contributed by atoms with Crippen LogP contribution in [-0.4, -0.2) is 12.3 Å². The minimum atomic E-state index is -5.23. The highest BCUT2D eigenvalue weighted by Gasteiger charge is 2.63. The molecule has 1 N–H and O–H groups in total. The van der Waals surface area contributed by atoms with Crippen molar-refractivity contribution in [1.82, 2.24) is 0 Å². The Morgan fingerprint density at radius 2 is 1.95 bits per heavy atom. The van der Waals surface area contributed by atoms with Gasteiger partial charge in [-0.25, -0.2) is 13.6 Å². The Morgan fingerprint density at radius 3 is 2.55 bits per heavy atom. The lowest BCUT2D eigenvalue weighted by Crippen LogP contribution is -2.50. The Morgan fingerprint density at radius 1 is 1.27 bits per heavy atom. The number of cyclic esters (lactones) is 1. The van der Waals surface area contributed by atoms with E-state index in [4.69, 9.17) is 0 Å². The lowest BCUT2D eigenvalue weighted by molar-refractivity contribution is -0.240. The summed E-state index contributed by atoms with van der Waals surface area (Å²) in [7, 11) is 0. The second-order valence-corrected chi connectivity index (χ2v) is 5.02. The van der Waals surface area contributed by atoms with Gasteiger partial charge in [0.05, 0.1) is 11.3 Å². The molecule has 1 aromatic rings. The highest BCUT2D eigenvalue weighted by molar-refractivity contribution is 5.89. The molecule has 22 heavy (non-hydrogen) atoms. The van der Waals surface area contributed by atoms with Crippen LogP contribution in [0.3, 0.4) is 0 Å². The summed E-state index contributed by atoms with van der Waals surface area (Å²) in [6, 6.07) is 1.46. The average Bonchev–Trinajstić information content (AvgIpc) is 3.23. The summed E-state index contributed by atoms with van der Waals surface area (Å²) in [6.45, 7) is 0. The van der Waals surface area contributed by atoms with Crippen molar-refractivity contribution in [2.24, 2.45) is 5.92 Å². The van der Waals surface area contributed by atoms with Crippen LogP contribution in [0.2, 0.25) is 0 Å². The summed E-state index contributed by atoms with van der Waals surface area (Å²) in [5, 5.41) is 1.92. The van der Waals surface area contributed by atoms with E-state index < -0.39 is 40.8 Å². The zero-order chi connectivity index (χ0) is 16.1. The van der Waals surface area contributed by atoms with Gasteiger partial charge in [-0.05, 0) is 30.9 Å². The molecule has 1 saturated carbocycles. The van der Waals surface area contributed by atoms with Crippen LogP contribution in [0.1, 0.15) is 18.4 Å². The number of nitrogens with one attached hydrogen (secondary N) is 1. The van der Waals surface area contributed by atoms with Crippen molar-refractivity contribution in [3.63, 3.8) is 0 Å². The van der Waals surface area contributed by atoms with Crippen molar-refractivity contribution in [2.75, 3.05) is 5.32 Å². The predicted octanol–water partition coefficient (Wildman–Crippen LogP) is 3.70. The molecule has 1 aromatic carbocycles. The number of hydrogen-bond acceptors (Lipinski definition) is 2. The van der Waals surface area contributed by atoms with Crippen LogP contribution in [-0.2, 0) is 10.3 Å². The molecular weight excluding hydrogens is 309 g/mol. The van der Waals surface area contributed by atoms with Gasteiger partial charge < -0.3 is 4.74 Å². The third-order valence-electron chi connectivity index (χ3n) is 3.36. The van der Waals surface area contributed by atoms with Crippen molar-refractivity contribution < 1.29 is 31.5 Å². The summed E-state index contributed by atoms with van der Waals surface area (Å²) in [5.41, 5.74) is -5.19. The number of halogens is 5. The Hall–Kier alpha value is -2.30. The number of carbonyl (C=O) groups excluding carboxylic acids is 1. The summed E-state index contributed by atoms with van der Waals surface area (Å²) in [6.07, 6.45) is -5.42. The first-order valence-electron chi connectivity index (χ1n) is 6.32. The first-order chi connectivity index (χ1) is 10.2.